The van der Waals surface area contributed by atoms with Gasteiger partial charge in [-0.3, -0.25) is 4.21 Å². The average Bonchev–Trinajstić information content (AvgIpc) is 2.34. The molecule has 0 radical (unpaired) electrons. The summed E-state index contributed by atoms with van der Waals surface area (Å²) < 4.78 is 25.0. The van der Waals surface area contributed by atoms with Gasteiger partial charge in [0.1, 0.15) is 5.82 Å². The van der Waals surface area contributed by atoms with Crippen LogP contribution in [0, 0.1) is 19.7 Å². The highest BCUT2D eigenvalue weighted by Crippen LogP contribution is 2.17. The van der Waals surface area contributed by atoms with E-state index in [2.05, 4.69) is 6.07 Å². The maximum absolute atomic E-state index is 12.8. The van der Waals surface area contributed by atoms with Crippen molar-refractivity contribution in [1.82, 2.24) is 0 Å². The molecule has 0 heterocycles. The molecule has 0 fully saturated rings. The van der Waals surface area contributed by atoms with Gasteiger partial charge in [0.15, 0.2) is 0 Å². The summed E-state index contributed by atoms with van der Waals surface area (Å²) in [6.45, 7) is 4.03. The van der Waals surface area contributed by atoms with Crippen molar-refractivity contribution < 1.29 is 8.60 Å². The molecule has 0 bridgehead atoms. The zero-order valence-electron chi connectivity index (χ0n) is 10.4. The molecule has 18 heavy (non-hydrogen) atoms. The Hall–Kier alpha value is -1.48. The highest BCUT2D eigenvalue weighted by Gasteiger charge is 2.07. The lowest BCUT2D eigenvalue weighted by molar-refractivity contribution is 0.626. The maximum Gasteiger partial charge on any atom is 0.123 e. The molecule has 0 spiro atoms. The molecule has 0 aromatic heterocycles. The quantitative estimate of drug-likeness (QED) is 0.823. The Morgan fingerprint density at radius 1 is 1.06 bits per heavy atom. The Labute approximate surface area is 109 Å². The van der Waals surface area contributed by atoms with Gasteiger partial charge in [-0.05, 0) is 49.2 Å². The maximum atomic E-state index is 12.8. The Morgan fingerprint density at radius 3 is 2.39 bits per heavy atom. The van der Waals surface area contributed by atoms with Crippen molar-refractivity contribution >= 4 is 10.8 Å². The standard InChI is InChI=1S/C15H15FOS/c1-11-3-4-12(2)13(9-11)10-18(17)15-7-5-14(16)6-8-15/h3-9H,10H2,1-2H3. The fraction of sp³-hybridized carbons (Fsp3) is 0.200. The fourth-order valence-electron chi connectivity index (χ4n) is 1.77. The minimum absolute atomic E-state index is 0.303. The van der Waals surface area contributed by atoms with E-state index in [0.29, 0.717) is 10.6 Å². The van der Waals surface area contributed by atoms with Crippen molar-refractivity contribution in [3.63, 3.8) is 0 Å². The second kappa shape index (κ2) is 5.44. The van der Waals surface area contributed by atoms with Gasteiger partial charge in [0.25, 0.3) is 0 Å². The summed E-state index contributed by atoms with van der Waals surface area (Å²) in [5, 5.41) is 0. The summed E-state index contributed by atoms with van der Waals surface area (Å²) in [4.78, 5) is 0.664. The molecular weight excluding hydrogens is 247 g/mol. The van der Waals surface area contributed by atoms with Crippen LogP contribution in [0.1, 0.15) is 16.7 Å². The van der Waals surface area contributed by atoms with Crippen molar-refractivity contribution in [3.8, 4) is 0 Å². The van der Waals surface area contributed by atoms with Gasteiger partial charge in [-0.15, -0.1) is 0 Å². The van der Waals surface area contributed by atoms with E-state index in [4.69, 9.17) is 0 Å². The molecule has 0 aliphatic rings. The van der Waals surface area contributed by atoms with E-state index in [1.54, 1.807) is 12.1 Å². The van der Waals surface area contributed by atoms with Gasteiger partial charge in [0.2, 0.25) is 0 Å². The molecule has 1 nitrogen and oxygen atoms in total. The third-order valence-electron chi connectivity index (χ3n) is 2.87. The first-order valence-corrected chi connectivity index (χ1v) is 7.08. The van der Waals surface area contributed by atoms with Gasteiger partial charge in [-0.1, -0.05) is 23.8 Å². The second-order valence-corrected chi connectivity index (χ2v) is 5.82. The van der Waals surface area contributed by atoms with E-state index in [9.17, 15) is 8.60 Å². The molecule has 1 unspecified atom stereocenters. The first-order chi connectivity index (χ1) is 8.56. The zero-order chi connectivity index (χ0) is 13.1. The van der Waals surface area contributed by atoms with Crippen molar-refractivity contribution in [1.29, 1.82) is 0 Å². The summed E-state index contributed by atoms with van der Waals surface area (Å²) in [7, 11) is -1.13. The van der Waals surface area contributed by atoms with Crippen molar-refractivity contribution in [2.24, 2.45) is 0 Å². The van der Waals surface area contributed by atoms with Crippen molar-refractivity contribution in [3.05, 3.63) is 65.0 Å². The third kappa shape index (κ3) is 3.05. The Bertz CT molecular complexity index is 576. The van der Waals surface area contributed by atoms with Crippen LogP contribution in [0.25, 0.3) is 0 Å². The summed E-state index contributed by atoms with van der Waals surface area (Å²) >= 11 is 0. The number of hydrogen-bond donors (Lipinski definition) is 0. The van der Waals surface area contributed by atoms with Crippen molar-refractivity contribution in [2.75, 3.05) is 0 Å². The predicted octanol–water partition coefficient (Wildman–Crippen LogP) is 3.75. The van der Waals surface area contributed by atoms with E-state index < -0.39 is 10.8 Å². The normalized spacial score (nSPS) is 12.4. The van der Waals surface area contributed by atoms with Gasteiger partial charge in [-0.2, -0.15) is 0 Å². The van der Waals surface area contributed by atoms with Crippen molar-refractivity contribution in [2.45, 2.75) is 24.5 Å². The van der Waals surface area contributed by atoms with Crippen LogP contribution in [0.3, 0.4) is 0 Å². The molecule has 0 amide bonds. The zero-order valence-corrected chi connectivity index (χ0v) is 11.3. The van der Waals surface area contributed by atoms with E-state index in [1.165, 1.54) is 12.1 Å². The smallest absolute Gasteiger partial charge is 0.123 e. The van der Waals surface area contributed by atoms with Crippen LogP contribution in [0.15, 0.2) is 47.4 Å². The lowest BCUT2D eigenvalue weighted by atomic mass is 10.1. The second-order valence-electron chi connectivity index (χ2n) is 4.37. The Balaban J connectivity index is 2.21. The predicted molar refractivity (Wildman–Crippen MR) is 72.4 cm³/mol. The topological polar surface area (TPSA) is 17.1 Å². The van der Waals surface area contributed by atoms with E-state index in [1.807, 2.05) is 26.0 Å². The first kappa shape index (κ1) is 13.0. The summed E-state index contributed by atoms with van der Waals surface area (Å²) in [5.74, 6) is 0.168. The van der Waals surface area contributed by atoms with E-state index in [0.717, 1.165) is 16.7 Å². The van der Waals surface area contributed by atoms with Crippen LogP contribution in [0.2, 0.25) is 0 Å². The van der Waals surface area contributed by atoms with Crippen LogP contribution in [0.5, 0.6) is 0 Å². The highest BCUT2D eigenvalue weighted by atomic mass is 32.2. The third-order valence-corrected chi connectivity index (χ3v) is 4.24. The molecule has 0 aliphatic carbocycles. The van der Waals surface area contributed by atoms with Crippen LogP contribution in [-0.4, -0.2) is 4.21 Å². The summed E-state index contributed by atoms with van der Waals surface area (Å²) in [5.41, 5.74) is 3.38. The minimum atomic E-state index is -1.13. The molecular formula is C15H15FOS. The molecule has 0 N–H and O–H groups in total. The largest absolute Gasteiger partial charge is 0.254 e. The first-order valence-electron chi connectivity index (χ1n) is 5.76. The number of hydrogen-bond acceptors (Lipinski definition) is 1. The lowest BCUT2D eigenvalue weighted by Crippen LogP contribution is -1.99. The Kier molecular flexibility index (Phi) is 3.92. The Morgan fingerprint density at radius 2 is 1.72 bits per heavy atom. The number of aryl methyl sites for hydroxylation is 2. The monoisotopic (exact) mass is 262 g/mol. The molecule has 94 valence electrons. The van der Waals surface area contributed by atoms with E-state index >= 15 is 0 Å². The number of halogens is 1. The molecule has 2 aromatic rings. The molecule has 0 saturated carbocycles. The molecule has 2 aromatic carbocycles. The van der Waals surface area contributed by atoms with Crippen LogP contribution < -0.4 is 0 Å². The molecule has 0 saturated heterocycles. The number of rotatable bonds is 3. The van der Waals surface area contributed by atoms with Gasteiger partial charge < -0.3 is 0 Å². The van der Waals surface area contributed by atoms with Gasteiger partial charge in [0, 0.05) is 4.90 Å². The van der Waals surface area contributed by atoms with Gasteiger partial charge in [0.05, 0.1) is 16.6 Å². The van der Waals surface area contributed by atoms with E-state index in [-0.39, 0.29) is 5.82 Å². The molecule has 3 heteroatoms. The number of benzene rings is 2. The molecule has 1 atom stereocenters. The van der Waals surface area contributed by atoms with Gasteiger partial charge >= 0.3 is 0 Å². The molecule has 2 rings (SSSR count). The van der Waals surface area contributed by atoms with Gasteiger partial charge in [-0.25, -0.2) is 4.39 Å². The lowest BCUT2D eigenvalue weighted by Gasteiger charge is -2.07. The summed E-state index contributed by atoms with van der Waals surface area (Å²) in [6, 6.07) is 12.0. The van der Waals surface area contributed by atoms with Crippen LogP contribution in [-0.2, 0) is 16.6 Å². The highest BCUT2D eigenvalue weighted by molar-refractivity contribution is 7.84. The fourth-order valence-corrected chi connectivity index (χ4v) is 2.97. The van der Waals surface area contributed by atoms with Crippen LogP contribution >= 0.6 is 0 Å². The summed E-state index contributed by atoms with van der Waals surface area (Å²) in [6.07, 6.45) is 0. The molecule has 0 aliphatic heterocycles. The minimum Gasteiger partial charge on any atom is -0.254 e. The van der Waals surface area contributed by atoms with Crippen LogP contribution in [0.4, 0.5) is 4.39 Å². The SMILES string of the molecule is Cc1ccc(C)c(CS(=O)c2ccc(F)cc2)c1. The average molecular weight is 262 g/mol.